The van der Waals surface area contributed by atoms with Gasteiger partial charge in [-0.05, 0) is 46.8 Å². The minimum Gasteiger partial charge on any atom is -0.507 e. The van der Waals surface area contributed by atoms with E-state index in [0.29, 0.717) is 19.8 Å². The Labute approximate surface area is 237 Å². The third kappa shape index (κ3) is 5.12. The standard InChI is InChI=1S/C28H34ClFN4O6/c1-27(2,3)40-26(37)32-9-10-33-16(13-32)14-39-23-20(25(33)36)24(34-11-12-38-15-28(34,4)5)31-22(21(23)29)19-17(30)7-6-8-18(19)35/h6-8,16,35H,9-15H2,1-5H3/t16-/m1/s1. The van der Waals surface area contributed by atoms with Crippen LogP contribution in [0, 0.1) is 5.82 Å². The van der Waals surface area contributed by atoms with Crippen molar-refractivity contribution in [2.24, 2.45) is 0 Å². The summed E-state index contributed by atoms with van der Waals surface area (Å²) in [6.07, 6.45) is -0.464. The van der Waals surface area contributed by atoms with Gasteiger partial charge in [-0.25, -0.2) is 14.2 Å². The molecule has 2 aromatic rings. The Balaban J connectivity index is 1.61. The summed E-state index contributed by atoms with van der Waals surface area (Å²) in [6, 6.07) is 3.45. The number of rotatable bonds is 2. The predicted octanol–water partition coefficient (Wildman–Crippen LogP) is 4.32. The molecule has 12 heteroatoms. The quantitative estimate of drug-likeness (QED) is 0.564. The molecule has 0 unspecified atom stereocenters. The summed E-state index contributed by atoms with van der Waals surface area (Å²) in [4.78, 5) is 36.9. The van der Waals surface area contributed by atoms with Gasteiger partial charge in [0.05, 0.1) is 30.4 Å². The molecule has 2 amide bonds. The van der Waals surface area contributed by atoms with Crippen molar-refractivity contribution in [3.63, 3.8) is 0 Å². The number of phenols is 1. The number of carbonyl (C=O) groups is 2. The molecule has 0 spiro atoms. The van der Waals surface area contributed by atoms with Crippen LogP contribution in [0.15, 0.2) is 18.2 Å². The number of nitrogens with zero attached hydrogens (tertiary/aromatic N) is 4. The van der Waals surface area contributed by atoms with Crippen LogP contribution in [0.25, 0.3) is 11.3 Å². The second-order valence-corrected chi connectivity index (χ2v) is 12.2. The van der Waals surface area contributed by atoms with Crippen molar-refractivity contribution < 1.29 is 33.3 Å². The van der Waals surface area contributed by atoms with E-state index in [1.807, 2.05) is 18.7 Å². The van der Waals surface area contributed by atoms with Gasteiger partial charge in [0.2, 0.25) is 0 Å². The van der Waals surface area contributed by atoms with Gasteiger partial charge < -0.3 is 34.0 Å². The molecule has 1 aromatic carbocycles. The summed E-state index contributed by atoms with van der Waals surface area (Å²) < 4.78 is 32.5. The van der Waals surface area contributed by atoms with Crippen molar-refractivity contribution in [2.75, 3.05) is 50.9 Å². The fourth-order valence-corrected chi connectivity index (χ4v) is 5.58. The number of fused-ring (bicyclic) bond motifs is 2. The van der Waals surface area contributed by atoms with Crippen LogP contribution in [-0.2, 0) is 9.47 Å². The zero-order valence-corrected chi connectivity index (χ0v) is 24.0. The summed E-state index contributed by atoms with van der Waals surface area (Å²) in [5.74, 6) is -1.07. The van der Waals surface area contributed by atoms with Gasteiger partial charge in [0.1, 0.15) is 45.9 Å². The maximum absolute atomic E-state index is 15.1. The van der Waals surface area contributed by atoms with Gasteiger partial charge in [-0.2, -0.15) is 0 Å². The number of amides is 2. The number of anilines is 1. The number of benzene rings is 1. The van der Waals surface area contributed by atoms with Gasteiger partial charge in [-0.3, -0.25) is 4.79 Å². The predicted molar refractivity (Wildman–Crippen MR) is 147 cm³/mol. The Kier molecular flexibility index (Phi) is 7.24. The molecule has 5 rings (SSSR count). The molecule has 2 saturated heterocycles. The molecule has 3 aliphatic rings. The minimum atomic E-state index is -0.716. The smallest absolute Gasteiger partial charge is 0.410 e. The Morgan fingerprint density at radius 2 is 1.98 bits per heavy atom. The molecular formula is C28H34ClFN4O6. The summed E-state index contributed by atoms with van der Waals surface area (Å²) in [6.45, 7) is 11.3. The van der Waals surface area contributed by atoms with Gasteiger partial charge in [0.25, 0.3) is 5.91 Å². The van der Waals surface area contributed by atoms with Crippen LogP contribution in [0.5, 0.6) is 11.5 Å². The van der Waals surface area contributed by atoms with Crippen LogP contribution in [0.4, 0.5) is 15.0 Å². The highest BCUT2D eigenvalue weighted by atomic mass is 35.5. The van der Waals surface area contributed by atoms with E-state index in [2.05, 4.69) is 0 Å². The third-order valence-corrected chi connectivity index (χ3v) is 7.58. The highest BCUT2D eigenvalue weighted by molar-refractivity contribution is 6.35. The molecule has 4 heterocycles. The van der Waals surface area contributed by atoms with E-state index in [0.717, 1.165) is 0 Å². The fraction of sp³-hybridized carbons (Fsp3) is 0.536. The van der Waals surface area contributed by atoms with Crippen LogP contribution in [0.3, 0.4) is 0 Å². The summed E-state index contributed by atoms with van der Waals surface area (Å²) in [7, 11) is 0. The first-order valence-corrected chi connectivity index (χ1v) is 13.6. The molecule has 3 aliphatic heterocycles. The topological polar surface area (TPSA) is 105 Å². The SMILES string of the molecule is CC(C)(C)OC(=O)N1CCN2C(=O)c3c(N4CCOCC4(C)C)nc(-c4c(O)cccc4F)c(Cl)c3OC[C@H]2C1. The molecule has 10 nitrogen and oxygen atoms in total. The van der Waals surface area contributed by atoms with Gasteiger partial charge in [0.15, 0.2) is 5.75 Å². The molecule has 0 aliphatic carbocycles. The Morgan fingerprint density at radius 3 is 2.65 bits per heavy atom. The number of aromatic hydroxyl groups is 1. The maximum Gasteiger partial charge on any atom is 0.410 e. The lowest BCUT2D eigenvalue weighted by Gasteiger charge is -2.44. The second kappa shape index (κ2) is 10.3. The normalized spacial score (nSPS) is 20.8. The number of hydrogen-bond acceptors (Lipinski definition) is 8. The van der Waals surface area contributed by atoms with Gasteiger partial charge in [-0.1, -0.05) is 17.7 Å². The monoisotopic (exact) mass is 576 g/mol. The van der Waals surface area contributed by atoms with E-state index in [9.17, 15) is 14.7 Å². The Morgan fingerprint density at radius 1 is 1.23 bits per heavy atom. The highest BCUT2D eigenvalue weighted by Crippen LogP contribution is 2.47. The second-order valence-electron chi connectivity index (χ2n) is 11.8. The van der Waals surface area contributed by atoms with E-state index in [1.165, 1.54) is 18.2 Å². The molecule has 1 N–H and O–H groups in total. The lowest BCUT2D eigenvalue weighted by Crippen LogP contribution is -2.58. The number of phenolic OH excluding ortho intramolecular Hbond substituents is 1. The van der Waals surface area contributed by atoms with E-state index in [4.69, 9.17) is 30.8 Å². The van der Waals surface area contributed by atoms with Crippen molar-refractivity contribution in [3.05, 3.63) is 34.6 Å². The number of carbonyl (C=O) groups excluding carboxylic acids is 2. The van der Waals surface area contributed by atoms with Gasteiger partial charge >= 0.3 is 6.09 Å². The molecule has 2 fully saturated rings. The van der Waals surface area contributed by atoms with Crippen LogP contribution in [0.1, 0.15) is 45.0 Å². The number of morpholine rings is 1. The fourth-order valence-electron chi connectivity index (χ4n) is 5.30. The minimum absolute atomic E-state index is 0.0311. The number of ether oxygens (including phenoxy) is 3. The van der Waals surface area contributed by atoms with Crippen molar-refractivity contribution in [3.8, 4) is 22.8 Å². The van der Waals surface area contributed by atoms with Crippen LogP contribution in [0.2, 0.25) is 5.02 Å². The van der Waals surface area contributed by atoms with E-state index >= 15 is 4.39 Å². The highest BCUT2D eigenvalue weighted by Gasteiger charge is 2.43. The maximum atomic E-state index is 15.1. The lowest BCUT2D eigenvalue weighted by atomic mass is 9.99. The van der Waals surface area contributed by atoms with Crippen molar-refractivity contribution in [1.82, 2.24) is 14.8 Å². The number of aromatic nitrogens is 1. The first kappa shape index (κ1) is 28.2. The molecule has 0 radical (unpaired) electrons. The Bertz CT molecular complexity index is 1330. The van der Waals surface area contributed by atoms with E-state index < -0.39 is 29.1 Å². The largest absolute Gasteiger partial charge is 0.507 e. The molecule has 1 aromatic heterocycles. The molecule has 0 saturated carbocycles. The summed E-state index contributed by atoms with van der Waals surface area (Å²) in [5, 5.41) is 10.5. The number of hydrogen-bond donors (Lipinski definition) is 1. The number of piperazine rings is 1. The van der Waals surface area contributed by atoms with E-state index in [1.54, 1.807) is 30.6 Å². The number of pyridine rings is 1. The van der Waals surface area contributed by atoms with Gasteiger partial charge in [0, 0.05) is 26.2 Å². The first-order valence-electron chi connectivity index (χ1n) is 13.3. The van der Waals surface area contributed by atoms with Crippen molar-refractivity contribution in [2.45, 2.75) is 51.8 Å². The lowest BCUT2D eigenvalue weighted by molar-refractivity contribution is 0.000941. The molecule has 1 atom stereocenters. The number of halogens is 2. The third-order valence-electron chi connectivity index (χ3n) is 7.23. The molecule has 216 valence electrons. The molecular weight excluding hydrogens is 543 g/mol. The van der Waals surface area contributed by atoms with Crippen molar-refractivity contribution in [1.29, 1.82) is 0 Å². The zero-order chi connectivity index (χ0) is 29.0. The molecule has 40 heavy (non-hydrogen) atoms. The summed E-state index contributed by atoms with van der Waals surface area (Å²) in [5.41, 5.74) is -1.28. The average Bonchev–Trinajstić information content (AvgIpc) is 3.01. The van der Waals surface area contributed by atoms with Gasteiger partial charge in [-0.15, -0.1) is 0 Å². The molecule has 0 bridgehead atoms. The zero-order valence-electron chi connectivity index (χ0n) is 23.3. The average molecular weight is 577 g/mol. The van der Waals surface area contributed by atoms with Crippen molar-refractivity contribution >= 4 is 29.4 Å². The Hall–Kier alpha value is -3.31. The van der Waals surface area contributed by atoms with Crippen LogP contribution < -0.4 is 9.64 Å². The summed E-state index contributed by atoms with van der Waals surface area (Å²) >= 11 is 6.81. The van der Waals surface area contributed by atoms with Crippen LogP contribution >= 0.6 is 11.6 Å². The van der Waals surface area contributed by atoms with E-state index in [-0.39, 0.29) is 71.3 Å². The van der Waals surface area contributed by atoms with Crippen LogP contribution in [-0.4, -0.2) is 95.1 Å². The first-order chi connectivity index (χ1) is 18.8.